The van der Waals surface area contributed by atoms with Crippen LogP contribution in [0.2, 0.25) is 0 Å². The average molecular weight is 446 g/mol. The number of carbonyl (C=O) groups excluding carboxylic acids is 2. The number of hydrogen-bond acceptors (Lipinski definition) is 6. The summed E-state index contributed by atoms with van der Waals surface area (Å²) in [4.78, 5) is 25.2. The molecular formula is C25H22N2O6. The standard InChI is InChI=1S/C25H22N2O6/c1-30-22-15-18(11-12-19(22)33-16-17-7-3-2-4-8-17)23(26-24(28)20-9-5-13-31-20)27-25(29)21-10-6-14-32-21/h2-15,23H,16H2,1H3,(H,26,28)(H,27,29). The van der Waals surface area contributed by atoms with Crippen molar-refractivity contribution >= 4 is 11.8 Å². The van der Waals surface area contributed by atoms with Crippen LogP contribution in [-0.2, 0) is 6.61 Å². The van der Waals surface area contributed by atoms with E-state index in [9.17, 15) is 9.59 Å². The summed E-state index contributed by atoms with van der Waals surface area (Å²) in [6.07, 6.45) is 1.90. The van der Waals surface area contributed by atoms with E-state index in [-0.39, 0.29) is 11.5 Å². The van der Waals surface area contributed by atoms with Crippen LogP contribution < -0.4 is 20.1 Å². The van der Waals surface area contributed by atoms with E-state index in [1.165, 1.54) is 31.8 Å². The quantitative estimate of drug-likeness (QED) is 0.371. The van der Waals surface area contributed by atoms with Gasteiger partial charge in [-0.05, 0) is 47.5 Å². The Morgan fingerprint density at radius 3 is 2.00 bits per heavy atom. The molecule has 0 aliphatic heterocycles. The number of benzene rings is 2. The molecule has 8 heteroatoms. The van der Waals surface area contributed by atoms with E-state index in [0.29, 0.717) is 23.7 Å². The Hall–Kier alpha value is -4.46. The lowest BCUT2D eigenvalue weighted by Gasteiger charge is -2.21. The predicted molar refractivity (Wildman–Crippen MR) is 119 cm³/mol. The molecule has 0 spiro atoms. The van der Waals surface area contributed by atoms with Crippen LogP contribution in [0.1, 0.15) is 38.4 Å². The first-order chi connectivity index (χ1) is 16.1. The van der Waals surface area contributed by atoms with Gasteiger partial charge in [0.05, 0.1) is 19.6 Å². The molecule has 0 aliphatic rings. The van der Waals surface area contributed by atoms with E-state index in [4.69, 9.17) is 18.3 Å². The minimum Gasteiger partial charge on any atom is -0.493 e. The molecule has 0 radical (unpaired) electrons. The average Bonchev–Trinajstić information content (AvgIpc) is 3.57. The number of hydrogen-bond donors (Lipinski definition) is 2. The Bertz CT molecular complexity index is 1140. The van der Waals surface area contributed by atoms with Gasteiger partial charge < -0.3 is 28.9 Å². The molecule has 33 heavy (non-hydrogen) atoms. The van der Waals surface area contributed by atoms with Crippen molar-refractivity contribution in [3.05, 3.63) is 108 Å². The topological polar surface area (TPSA) is 103 Å². The highest BCUT2D eigenvalue weighted by atomic mass is 16.5. The van der Waals surface area contributed by atoms with Crippen LogP contribution in [0.5, 0.6) is 11.5 Å². The summed E-state index contributed by atoms with van der Waals surface area (Å²) in [5.74, 6) is 0.219. The number of nitrogens with one attached hydrogen (secondary N) is 2. The third kappa shape index (κ3) is 5.43. The van der Waals surface area contributed by atoms with Crippen molar-refractivity contribution in [1.82, 2.24) is 10.6 Å². The maximum atomic E-state index is 12.6. The van der Waals surface area contributed by atoms with E-state index in [2.05, 4.69) is 10.6 Å². The van der Waals surface area contributed by atoms with E-state index in [0.717, 1.165) is 5.56 Å². The third-order valence-corrected chi connectivity index (χ3v) is 4.80. The zero-order chi connectivity index (χ0) is 23.0. The molecule has 0 atom stereocenters. The number of ether oxygens (including phenoxy) is 2. The Morgan fingerprint density at radius 1 is 0.818 bits per heavy atom. The fourth-order valence-corrected chi connectivity index (χ4v) is 3.14. The number of amides is 2. The molecule has 0 bridgehead atoms. The summed E-state index contributed by atoms with van der Waals surface area (Å²) in [6, 6.07) is 21.2. The monoisotopic (exact) mass is 446 g/mol. The van der Waals surface area contributed by atoms with E-state index >= 15 is 0 Å². The number of carbonyl (C=O) groups is 2. The molecule has 0 aliphatic carbocycles. The minimum atomic E-state index is -0.891. The molecule has 0 fully saturated rings. The lowest BCUT2D eigenvalue weighted by atomic mass is 10.1. The molecule has 2 aromatic heterocycles. The van der Waals surface area contributed by atoms with Crippen LogP contribution in [0.4, 0.5) is 0 Å². The molecule has 4 aromatic rings. The fourth-order valence-electron chi connectivity index (χ4n) is 3.14. The van der Waals surface area contributed by atoms with Crippen LogP contribution >= 0.6 is 0 Å². The molecule has 0 saturated heterocycles. The summed E-state index contributed by atoms with van der Waals surface area (Å²) in [5.41, 5.74) is 1.58. The maximum absolute atomic E-state index is 12.6. The number of furan rings is 2. The van der Waals surface area contributed by atoms with E-state index < -0.39 is 18.0 Å². The molecule has 4 rings (SSSR count). The first kappa shape index (κ1) is 21.8. The highest BCUT2D eigenvalue weighted by Crippen LogP contribution is 2.31. The van der Waals surface area contributed by atoms with Gasteiger partial charge in [-0.25, -0.2) is 0 Å². The van der Waals surface area contributed by atoms with Crippen LogP contribution in [-0.4, -0.2) is 18.9 Å². The van der Waals surface area contributed by atoms with Gasteiger partial charge in [0, 0.05) is 0 Å². The smallest absolute Gasteiger partial charge is 0.288 e. The van der Waals surface area contributed by atoms with Crippen LogP contribution in [0.15, 0.2) is 94.2 Å². The summed E-state index contributed by atoms with van der Waals surface area (Å²) >= 11 is 0. The van der Waals surface area contributed by atoms with Gasteiger partial charge in [0.25, 0.3) is 11.8 Å². The molecule has 2 N–H and O–H groups in total. The molecule has 8 nitrogen and oxygen atoms in total. The van der Waals surface area contributed by atoms with Crippen LogP contribution in [0.3, 0.4) is 0 Å². The van der Waals surface area contributed by atoms with Crippen LogP contribution in [0.25, 0.3) is 0 Å². The van der Waals surface area contributed by atoms with Crippen molar-refractivity contribution in [3.8, 4) is 11.5 Å². The van der Waals surface area contributed by atoms with E-state index in [1.54, 1.807) is 30.3 Å². The van der Waals surface area contributed by atoms with Gasteiger partial charge in [0.2, 0.25) is 0 Å². The second-order valence-electron chi connectivity index (χ2n) is 7.02. The molecular weight excluding hydrogens is 424 g/mol. The number of methoxy groups -OCH3 is 1. The Balaban J connectivity index is 1.56. The van der Waals surface area contributed by atoms with Crippen molar-refractivity contribution in [1.29, 1.82) is 0 Å². The lowest BCUT2D eigenvalue weighted by Crippen LogP contribution is -2.41. The normalized spacial score (nSPS) is 10.6. The number of rotatable bonds is 9. The molecule has 0 unspecified atom stereocenters. The SMILES string of the molecule is COc1cc(C(NC(=O)c2ccco2)NC(=O)c2ccco2)ccc1OCc1ccccc1. The van der Waals surface area contributed by atoms with Gasteiger partial charge in [-0.15, -0.1) is 0 Å². The Kier molecular flexibility index (Phi) is 6.75. The fraction of sp³-hybridized carbons (Fsp3) is 0.120. The van der Waals surface area contributed by atoms with Crippen molar-refractivity contribution in [2.75, 3.05) is 7.11 Å². The predicted octanol–water partition coefficient (Wildman–Crippen LogP) is 4.32. The third-order valence-electron chi connectivity index (χ3n) is 4.80. The van der Waals surface area contributed by atoms with Crippen LogP contribution in [0, 0.1) is 0 Å². The summed E-state index contributed by atoms with van der Waals surface area (Å²) in [7, 11) is 1.52. The van der Waals surface area contributed by atoms with Gasteiger partial charge in [-0.2, -0.15) is 0 Å². The second kappa shape index (κ2) is 10.2. The van der Waals surface area contributed by atoms with Gasteiger partial charge in [-0.3, -0.25) is 9.59 Å². The van der Waals surface area contributed by atoms with Gasteiger partial charge in [-0.1, -0.05) is 36.4 Å². The van der Waals surface area contributed by atoms with Gasteiger partial charge in [0.15, 0.2) is 23.0 Å². The van der Waals surface area contributed by atoms with Gasteiger partial charge >= 0.3 is 0 Å². The zero-order valence-corrected chi connectivity index (χ0v) is 17.8. The van der Waals surface area contributed by atoms with Gasteiger partial charge in [0.1, 0.15) is 12.8 Å². The Morgan fingerprint density at radius 2 is 1.45 bits per heavy atom. The molecule has 0 saturated carbocycles. The highest BCUT2D eigenvalue weighted by molar-refractivity contribution is 5.94. The Labute approximate surface area is 190 Å². The minimum absolute atomic E-state index is 0.113. The maximum Gasteiger partial charge on any atom is 0.288 e. The zero-order valence-electron chi connectivity index (χ0n) is 17.8. The first-order valence-electron chi connectivity index (χ1n) is 10.2. The van der Waals surface area contributed by atoms with Crippen molar-refractivity contribution < 1.29 is 27.9 Å². The molecule has 168 valence electrons. The van der Waals surface area contributed by atoms with Crippen molar-refractivity contribution in [2.45, 2.75) is 12.8 Å². The van der Waals surface area contributed by atoms with Crippen molar-refractivity contribution in [3.63, 3.8) is 0 Å². The molecule has 2 heterocycles. The summed E-state index contributed by atoms with van der Waals surface area (Å²) < 4.78 is 21.7. The summed E-state index contributed by atoms with van der Waals surface area (Å²) in [6.45, 7) is 0.366. The largest absolute Gasteiger partial charge is 0.493 e. The summed E-state index contributed by atoms with van der Waals surface area (Å²) in [5, 5.41) is 5.51. The lowest BCUT2D eigenvalue weighted by molar-refractivity contribution is 0.0853. The first-order valence-corrected chi connectivity index (χ1v) is 10.2. The molecule has 2 amide bonds. The van der Waals surface area contributed by atoms with Crippen molar-refractivity contribution in [2.24, 2.45) is 0 Å². The van der Waals surface area contributed by atoms with E-state index in [1.807, 2.05) is 30.3 Å². The second-order valence-corrected chi connectivity index (χ2v) is 7.02. The molecule has 2 aromatic carbocycles. The highest BCUT2D eigenvalue weighted by Gasteiger charge is 2.22.